The lowest BCUT2D eigenvalue weighted by Crippen LogP contribution is -2.16. The van der Waals surface area contributed by atoms with Crippen LogP contribution < -0.4 is 0 Å². The van der Waals surface area contributed by atoms with Crippen molar-refractivity contribution < 1.29 is 0 Å². The molecule has 0 saturated carbocycles. The highest BCUT2D eigenvalue weighted by molar-refractivity contribution is 5.79. The van der Waals surface area contributed by atoms with Crippen molar-refractivity contribution in [1.82, 2.24) is 29.6 Å². The van der Waals surface area contributed by atoms with Crippen LogP contribution in [0, 0.1) is 6.92 Å². The number of nitrogens with zero attached hydrogens (tertiary/aromatic N) is 5. The van der Waals surface area contributed by atoms with Gasteiger partial charge in [0.05, 0.1) is 24.3 Å². The van der Waals surface area contributed by atoms with Crippen LogP contribution in [0.15, 0.2) is 60.9 Å². The average Bonchev–Trinajstić information content (AvgIpc) is 3.34. The summed E-state index contributed by atoms with van der Waals surface area (Å²) in [5.74, 6) is 1.56. The molecule has 4 rings (SSSR count). The Bertz CT molecular complexity index is 1090. The van der Waals surface area contributed by atoms with E-state index in [0.29, 0.717) is 12.6 Å². The summed E-state index contributed by atoms with van der Waals surface area (Å²) in [4.78, 5) is 11.4. The van der Waals surface area contributed by atoms with E-state index in [1.54, 1.807) is 0 Å². The number of rotatable bonds is 6. The molecule has 29 heavy (non-hydrogen) atoms. The zero-order valence-corrected chi connectivity index (χ0v) is 17.3. The van der Waals surface area contributed by atoms with E-state index in [2.05, 4.69) is 82.1 Å². The Labute approximate surface area is 171 Å². The zero-order valence-electron chi connectivity index (χ0n) is 17.3. The molecule has 0 aliphatic carbocycles. The van der Waals surface area contributed by atoms with Crippen molar-refractivity contribution in [2.45, 2.75) is 26.4 Å². The van der Waals surface area contributed by atoms with Gasteiger partial charge >= 0.3 is 0 Å². The number of aryl methyl sites for hydroxylation is 1. The minimum Gasteiger partial charge on any atom is -0.322 e. The second-order valence-corrected chi connectivity index (χ2v) is 7.54. The number of benzene rings is 2. The monoisotopic (exact) mass is 386 g/mol. The predicted octanol–water partition coefficient (Wildman–Crippen LogP) is 4.31. The van der Waals surface area contributed by atoms with Gasteiger partial charge in [-0.25, -0.2) is 9.97 Å². The fraction of sp³-hybridized carbons (Fsp3) is 0.261. The van der Waals surface area contributed by atoms with Crippen molar-refractivity contribution >= 4 is 0 Å². The van der Waals surface area contributed by atoms with Crippen molar-refractivity contribution in [3.63, 3.8) is 0 Å². The van der Waals surface area contributed by atoms with E-state index in [1.165, 1.54) is 5.56 Å². The van der Waals surface area contributed by atoms with Crippen molar-refractivity contribution in [2.24, 2.45) is 0 Å². The van der Waals surface area contributed by atoms with Gasteiger partial charge in [-0.15, -0.1) is 0 Å². The second kappa shape index (κ2) is 8.01. The molecule has 0 unspecified atom stereocenters. The largest absolute Gasteiger partial charge is 0.322 e. The molecule has 0 aliphatic heterocycles. The molecule has 2 heterocycles. The Hall–Kier alpha value is -3.25. The predicted molar refractivity (Wildman–Crippen MR) is 115 cm³/mol. The maximum Gasteiger partial charge on any atom is 0.170 e. The molecule has 0 aliphatic rings. The third-order valence-corrected chi connectivity index (χ3v) is 5.26. The third-order valence-electron chi connectivity index (χ3n) is 5.26. The molecule has 2 aromatic heterocycles. The maximum absolute atomic E-state index is 4.76. The fourth-order valence-electron chi connectivity index (χ4n) is 3.47. The quantitative estimate of drug-likeness (QED) is 0.536. The lowest BCUT2D eigenvalue weighted by Gasteiger charge is -2.21. The minimum atomic E-state index is 0.321. The van der Waals surface area contributed by atoms with Gasteiger partial charge in [-0.2, -0.15) is 5.10 Å². The summed E-state index contributed by atoms with van der Waals surface area (Å²) in [5.41, 5.74) is 5.55. The third kappa shape index (κ3) is 3.98. The molecule has 4 aromatic rings. The van der Waals surface area contributed by atoms with Crippen LogP contribution in [0.1, 0.15) is 30.2 Å². The van der Waals surface area contributed by atoms with Gasteiger partial charge in [0.15, 0.2) is 5.82 Å². The molecule has 1 atom stereocenters. The Balaban J connectivity index is 1.83. The summed E-state index contributed by atoms with van der Waals surface area (Å²) in [5, 5.41) is 7.23. The van der Waals surface area contributed by atoms with Gasteiger partial charge < -0.3 is 9.47 Å². The van der Waals surface area contributed by atoms with E-state index >= 15 is 0 Å². The maximum atomic E-state index is 4.76. The highest BCUT2D eigenvalue weighted by Gasteiger charge is 2.18. The van der Waals surface area contributed by atoms with E-state index in [9.17, 15) is 0 Å². The fourth-order valence-corrected chi connectivity index (χ4v) is 3.47. The molecule has 0 fully saturated rings. The van der Waals surface area contributed by atoms with Crippen molar-refractivity contribution in [3.8, 4) is 22.5 Å². The molecule has 0 amide bonds. The Morgan fingerprint density at radius 3 is 2.48 bits per heavy atom. The summed E-state index contributed by atoms with van der Waals surface area (Å²) >= 11 is 0. The first-order chi connectivity index (χ1) is 14.0. The van der Waals surface area contributed by atoms with Crippen LogP contribution >= 0.6 is 0 Å². The molecular formula is C23H26N6. The van der Waals surface area contributed by atoms with E-state index in [4.69, 9.17) is 4.98 Å². The molecule has 0 radical (unpaired) electrons. The lowest BCUT2D eigenvalue weighted by atomic mass is 10.00. The zero-order chi connectivity index (χ0) is 20.4. The second-order valence-electron chi connectivity index (χ2n) is 7.54. The first kappa shape index (κ1) is 19.1. The van der Waals surface area contributed by atoms with Crippen LogP contribution in [0.3, 0.4) is 0 Å². The lowest BCUT2D eigenvalue weighted by molar-refractivity contribution is 0.321. The molecule has 1 N–H and O–H groups in total. The summed E-state index contributed by atoms with van der Waals surface area (Å²) in [6.07, 6.45) is 1.88. The number of imidazole rings is 1. The Morgan fingerprint density at radius 2 is 1.79 bits per heavy atom. The Kier molecular flexibility index (Phi) is 5.27. The highest BCUT2D eigenvalue weighted by Crippen LogP contribution is 2.33. The van der Waals surface area contributed by atoms with E-state index in [1.807, 2.05) is 31.5 Å². The van der Waals surface area contributed by atoms with Gasteiger partial charge in [-0.1, -0.05) is 48.5 Å². The molecular weight excluding hydrogens is 360 g/mol. The first-order valence-corrected chi connectivity index (χ1v) is 9.78. The van der Waals surface area contributed by atoms with Crippen molar-refractivity contribution in [3.05, 3.63) is 78.1 Å². The van der Waals surface area contributed by atoms with Gasteiger partial charge in [0, 0.05) is 17.2 Å². The van der Waals surface area contributed by atoms with Crippen LogP contribution in [0.2, 0.25) is 0 Å². The van der Waals surface area contributed by atoms with Crippen molar-refractivity contribution in [1.29, 1.82) is 0 Å². The molecule has 148 valence electrons. The van der Waals surface area contributed by atoms with Crippen LogP contribution in [-0.4, -0.2) is 43.7 Å². The summed E-state index contributed by atoms with van der Waals surface area (Å²) in [6, 6.07) is 19.3. The SMILES string of the molecule is Cc1nc(Cn2cnc(-c3ccccc3)c2-c2cccc([C@H](C)N(C)C)c2)n[nH]1. The number of aromatic amines is 1. The standard InChI is InChI=1S/C23H26N6/c1-16(28(3)4)19-11-8-12-20(13-19)23-22(18-9-6-5-7-10-18)24-15-29(23)14-21-25-17(2)26-27-21/h5-13,15-16H,14H2,1-4H3,(H,25,26,27)/t16-/m0/s1. The van der Waals surface area contributed by atoms with Crippen LogP contribution in [0.25, 0.3) is 22.5 Å². The normalized spacial score (nSPS) is 12.4. The molecule has 0 spiro atoms. The van der Waals surface area contributed by atoms with Crippen LogP contribution in [-0.2, 0) is 6.54 Å². The number of hydrogen-bond donors (Lipinski definition) is 1. The minimum absolute atomic E-state index is 0.321. The van der Waals surface area contributed by atoms with Crippen LogP contribution in [0.4, 0.5) is 0 Å². The number of H-pyrrole nitrogens is 1. The van der Waals surface area contributed by atoms with Gasteiger partial charge in [-0.05, 0) is 39.6 Å². The van der Waals surface area contributed by atoms with E-state index in [-0.39, 0.29) is 0 Å². The molecule has 6 heteroatoms. The topological polar surface area (TPSA) is 62.6 Å². The number of nitrogens with one attached hydrogen (secondary N) is 1. The highest BCUT2D eigenvalue weighted by atomic mass is 15.2. The smallest absolute Gasteiger partial charge is 0.170 e. The van der Waals surface area contributed by atoms with Gasteiger partial charge in [-0.3, -0.25) is 5.10 Å². The average molecular weight is 387 g/mol. The number of aromatic nitrogens is 5. The summed E-state index contributed by atoms with van der Waals surface area (Å²) in [7, 11) is 4.20. The molecule has 0 bridgehead atoms. The Morgan fingerprint density at radius 1 is 1.03 bits per heavy atom. The summed E-state index contributed by atoms with van der Waals surface area (Å²) in [6.45, 7) is 4.69. The van der Waals surface area contributed by atoms with Gasteiger partial charge in [0.25, 0.3) is 0 Å². The van der Waals surface area contributed by atoms with E-state index < -0.39 is 0 Å². The van der Waals surface area contributed by atoms with Gasteiger partial charge in [0.1, 0.15) is 5.82 Å². The van der Waals surface area contributed by atoms with Gasteiger partial charge in [0.2, 0.25) is 0 Å². The van der Waals surface area contributed by atoms with E-state index in [0.717, 1.165) is 34.2 Å². The molecule has 0 saturated heterocycles. The number of hydrogen-bond acceptors (Lipinski definition) is 4. The first-order valence-electron chi connectivity index (χ1n) is 9.78. The van der Waals surface area contributed by atoms with Crippen LogP contribution in [0.5, 0.6) is 0 Å². The summed E-state index contributed by atoms with van der Waals surface area (Å²) < 4.78 is 2.13. The van der Waals surface area contributed by atoms with Crippen molar-refractivity contribution in [2.75, 3.05) is 14.1 Å². The molecule has 2 aromatic carbocycles. The molecule has 6 nitrogen and oxygen atoms in total.